The molecule has 1 N–H and O–H groups in total. The monoisotopic (exact) mass is 198 g/mol. The van der Waals surface area contributed by atoms with Crippen LogP contribution in [0.1, 0.15) is 19.8 Å². The Labute approximate surface area is 86.8 Å². The molecule has 2 aliphatic heterocycles. The van der Waals surface area contributed by atoms with Gasteiger partial charge in [-0.1, -0.05) is 6.92 Å². The zero-order chi connectivity index (χ0) is 10.0. The van der Waals surface area contributed by atoms with Gasteiger partial charge in [0.2, 0.25) is 0 Å². The summed E-state index contributed by atoms with van der Waals surface area (Å²) in [6, 6.07) is 0.773. The molecule has 0 unspecified atom stereocenters. The van der Waals surface area contributed by atoms with Gasteiger partial charge >= 0.3 is 0 Å². The predicted molar refractivity (Wildman–Crippen MR) is 57.4 cm³/mol. The van der Waals surface area contributed by atoms with Crippen LogP contribution in [0.2, 0.25) is 0 Å². The molecule has 0 spiro atoms. The maximum Gasteiger partial charge on any atom is 0.0471 e. The van der Waals surface area contributed by atoms with E-state index in [1.165, 1.54) is 32.5 Å². The van der Waals surface area contributed by atoms with Crippen LogP contribution in [0.5, 0.6) is 0 Å². The van der Waals surface area contributed by atoms with Crippen LogP contribution in [-0.4, -0.2) is 50.8 Å². The molecule has 3 heteroatoms. The lowest BCUT2D eigenvalue weighted by Gasteiger charge is -2.42. The van der Waals surface area contributed by atoms with Gasteiger partial charge in [0.05, 0.1) is 0 Å². The van der Waals surface area contributed by atoms with Crippen LogP contribution in [0.4, 0.5) is 0 Å². The molecule has 3 nitrogen and oxygen atoms in total. The molecular formula is C11H22N2O. The van der Waals surface area contributed by atoms with E-state index in [0.717, 1.165) is 19.3 Å². The van der Waals surface area contributed by atoms with E-state index in [9.17, 15) is 0 Å². The average Bonchev–Trinajstić information content (AvgIpc) is 2.00. The summed E-state index contributed by atoms with van der Waals surface area (Å²) >= 11 is 0. The summed E-state index contributed by atoms with van der Waals surface area (Å²) < 4.78 is 5.42. The molecule has 0 radical (unpaired) electrons. The quantitative estimate of drug-likeness (QED) is 0.723. The van der Waals surface area contributed by atoms with Crippen molar-refractivity contribution in [2.75, 3.05) is 39.9 Å². The molecule has 0 aromatic heterocycles. The molecule has 2 heterocycles. The summed E-state index contributed by atoms with van der Waals surface area (Å²) in [6.07, 6.45) is 2.44. The van der Waals surface area contributed by atoms with Crippen LogP contribution in [0.3, 0.4) is 0 Å². The first-order valence-electron chi connectivity index (χ1n) is 5.68. The lowest BCUT2D eigenvalue weighted by molar-refractivity contribution is -0.00128. The molecule has 2 saturated heterocycles. The largest absolute Gasteiger partial charge is 0.381 e. The maximum atomic E-state index is 5.42. The van der Waals surface area contributed by atoms with Crippen LogP contribution in [-0.2, 0) is 4.74 Å². The Morgan fingerprint density at radius 2 is 2.00 bits per heavy atom. The third-order valence-corrected chi connectivity index (χ3v) is 3.71. The molecule has 0 saturated carbocycles. The standard InChI is InChI=1S/C11H22N2O/c1-11(3-5-14-6-4-11)9-13(2)10-7-12-8-10/h10,12H,3-9H2,1-2H3. The second-order valence-electron chi connectivity index (χ2n) is 5.15. The minimum atomic E-state index is 0.489. The lowest BCUT2D eigenvalue weighted by atomic mass is 9.81. The summed E-state index contributed by atoms with van der Waals surface area (Å²) in [4.78, 5) is 2.52. The van der Waals surface area contributed by atoms with Gasteiger partial charge in [0.1, 0.15) is 0 Å². The molecule has 0 aromatic rings. The van der Waals surface area contributed by atoms with Crippen molar-refractivity contribution in [2.24, 2.45) is 5.41 Å². The molecule has 0 bridgehead atoms. The molecule has 82 valence electrons. The van der Waals surface area contributed by atoms with Crippen molar-refractivity contribution in [1.29, 1.82) is 0 Å². The van der Waals surface area contributed by atoms with Crippen LogP contribution < -0.4 is 5.32 Å². The Kier molecular flexibility index (Phi) is 3.10. The highest BCUT2D eigenvalue weighted by Gasteiger charge is 2.32. The van der Waals surface area contributed by atoms with Gasteiger partial charge in [-0.3, -0.25) is 0 Å². The fourth-order valence-electron chi connectivity index (χ4n) is 2.34. The van der Waals surface area contributed by atoms with Crippen molar-refractivity contribution in [3.8, 4) is 0 Å². The average molecular weight is 198 g/mol. The third kappa shape index (κ3) is 2.27. The fourth-order valence-corrected chi connectivity index (χ4v) is 2.34. The zero-order valence-corrected chi connectivity index (χ0v) is 9.38. The highest BCUT2D eigenvalue weighted by Crippen LogP contribution is 2.30. The summed E-state index contributed by atoms with van der Waals surface area (Å²) in [5.74, 6) is 0. The van der Waals surface area contributed by atoms with E-state index in [2.05, 4.69) is 24.2 Å². The van der Waals surface area contributed by atoms with Gasteiger partial charge in [0, 0.05) is 38.9 Å². The van der Waals surface area contributed by atoms with Crippen molar-refractivity contribution in [3.05, 3.63) is 0 Å². The minimum absolute atomic E-state index is 0.489. The Morgan fingerprint density at radius 1 is 1.36 bits per heavy atom. The second kappa shape index (κ2) is 4.17. The number of nitrogens with zero attached hydrogens (tertiary/aromatic N) is 1. The van der Waals surface area contributed by atoms with Gasteiger partial charge in [0.15, 0.2) is 0 Å². The number of rotatable bonds is 3. The highest BCUT2D eigenvalue weighted by atomic mass is 16.5. The number of likely N-dealkylation sites (N-methyl/N-ethyl adjacent to an activating group) is 1. The molecule has 14 heavy (non-hydrogen) atoms. The van der Waals surface area contributed by atoms with Crippen LogP contribution in [0.15, 0.2) is 0 Å². The van der Waals surface area contributed by atoms with E-state index in [-0.39, 0.29) is 0 Å². The number of hydrogen-bond acceptors (Lipinski definition) is 3. The summed E-state index contributed by atoms with van der Waals surface area (Å²) in [5.41, 5.74) is 0.489. The minimum Gasteiger partial charge on any atom is -0.381 e. The normalized spacial score (nSPS) is 27.6. The van der Waals surface area contributed by atoms with Crippen molar-refractivity contribution in [3.63, 3.8) is 0 Å². The van der Waals surface area contributed by atoms with Crippen molar-refractivity contribution < 1.29 is 4.74 Å². The maximum absolute atomic E-state index is 5.42. The topological polar surface area (TPSA) is 24.5 Å². The van der Waals surface area contributed by atoms with E-state index in [1.807, 2.05) is 0 Å². The molecular weight excluding hydrogens is 176 g/mol. The van der Waals surface area contributed by atoms with E-state index < -0.39 is 0 Å². The second-order valence-corrected chi connectivity index (χ2v) is 5.15. The summed E-state index contributed by atoms with van der Waals surface area (Å²) in [6.45, 7) is 7.87. The predicted octanol–water partition coefficient (Wildman–Crippen LogP) is 0.707. The Bertz CT molecular complexity index is 186. The molecule has 0 atom stereocenters. The SMILES string of the molecule is CN(CC1(C)CCOCC1)C1CNC1. The Morgan fingerprint density at radius 3 is 2.50 bits per heavy atom. The van der Waals surface area contributed by atoms with Crippen molar-refractivity contribution in [1.82, 2.24) is 10.2 Å². The molecule has 0 aliphatic carbocycles. The summed E-state index contributed by atoms with van der Waals surface area (Å²) in [5, 5.41) is 3.33. The van der Waals surface area contributed by atoms with Gasteiger partial charge in [-0.05, 0) is 25.3 Å². The number of hydrogen-bond donors (Lipinski definition) is 1. The smallest absolute Gasteiger partial charge is 0.0471 e. The lowest BCUT2D eigenvalue weighted by Crippen LogP contribution is -2.57. The van der Waals surface area contributed by atoms with E-state index in [4.69, 9.17) is 4.74 Å². The first kappa shape index (κ1) is 10.4. The fraction of sp³-hybridized carbons (Fsp3) is 1.00. The zero-order valence-electron chi connectivity index (χ0n) is 9.38. The van der Waals surface area contributed by atoms with Crippen molar-refractivity contribution in [2.45, 2.75) is 25.8 Å². The van der Waals surface area contributed by atoms with Crippen LogP contribution in [0, 0.1) is 5.41 Å². The number of ether oxygens (including phenoxy) is 1. The Hall–Kier alpha value is -0.120. The van der Waals surface area contributed by atoms with E-state index >= 15 is 0 Å². The van der Waals surface area contributed by atoms with E-state index in [0.29, 0.717) is 5.41 Å². The molecule has 0 aromatic carbocycles. The van der Waals surface area contributed by atoms with Gasteiger partial charge in [-0.2, -0.15) is 0 Å². The van der Waals surface area contributed by atoms with Gasteiger partial charge in [0.25, 0.3) is 0 Å². The van der Waals surface area contributed by atoms with Gasteiger partial charge < -0.3 is 15.0 Å². The summed E-state index contributed by atoms with van der Waals surface area (Å²) in [7, 11) is 2.26. The number of nitrogens with one attached hydrogen (secondary N) is 1. The molecule has 2 fully saturated rings. The van der Waals surface area contributed by atoms with Crippen LogP contribution >= 0.6 is 0 Å². The first-order chi connectivity index (χ1) is 6.70. The Balaban J connectivity index is 1.81. The van der Waals surface area contributed by atoms with E-state index in [1.54, 1.807) is 0 Å². The van der Waals surface area contributed by atoms with Gasteiger partial charge in [-0.25, -0.2) is 0 Å². The first-order valence-corrected chi connectivity index (χ1v) is 5.68. The van der Waals surface area contributed by atoms with Crippen molar-refractivity contribution >= 4 is 0 Å². The third-order valence-electron chi connectivity index (χ3n) is 3.71. The van der Waals surface area contributed by atoms with Crippen LogP contribution in [0.25, 0.3) is 0 Å². The molecule has 0 amide bonds. The highest BCUT2D eigenvalue weighted by molar-refractivity contribution is 4.87. The molecule has 2 aliphatic rings. The molecule has 2 rings (SSSR count). The van der Waals surface area contributed by atoms with Gasteiger partial charge in [-0.15, -0.1) is 0 Å².